The van der Waals surface area contributed by atoms with Gasteiger partial charge in [0, 0.05) is 38.3 Å². The largest absolute Gasteiger partial charge is 0.342 e. The van der Waals surface area contributed by atoms with Gasteiger partial charge in [0.25, 0.3) is 5.91 Å². The maximum atomic E-state index is 12.4. The first-order valence-corrected chi connectivity index (χ1v) is 8.65. The van der Waals surface area contributed by atoms with Gasteiger partial charge in [-0.05, 0) is 24.3 Å². The minimum Gasteiger partial charge on any atom is -0.342 e. The maximum absolute atomic E-state index is 12.4. The normalized spacial score (nSPS) is 15.3. The Morgan fingerprint density at radius 2 is 1.78 bits per heavy atom. The fourth-order valence-electron chi connectivity index (χ4n) is 2.24. The van der Waals surface area contributed by atoms with E-state index in [1.165, 1.54) is 30.3 Å². The molecule has 1 aliphatic rings. The molecule has 1 N–H and O–H groups in total. The third-order valence-electron chi connectivity index (χ3n) is 3.58. The molecule has 1 saturated heterocycles. The molecular weight excluding hydrogens is 318 g/mol. The van der Waals surface area contributed by atoms with E-state index in [0.717, 1.165) is 6.41 Å². The van der Waals surface area contributed by atoms with E-state index in [-0.39, 0.29) is 17.3 Å². The Morgan fingerprint density at radius 1 is 1.17 bits per heavy atom. The SMILES string of the molecule is C=CCNS(=O)(=O)c1ccc(C(=O)N2CCN(C=O)CC2)cc1. The summed E-state index contributed by atoms with van der Waals surface area (Å²) in [6.45, 7) is 5.55. The second-order valence-corrected chi connectivity index (χ2v) is 6.87. The van der Waals surface area contributed by atoms with Crippen LogP contribution in [0.5, 0.6) is 0 Å². The number of benzene rings is 1. The molecule has 0 spiro atoms. The van der Waals surface area contributed by atoms with Gasteiger partial charge in [0.05, 0.1) is 4.90 Å². The fourth-order valence-corrected chi connectivity index (χ4v) is 3.24. The highest BCUT2D eigenvalue weighted by Gasteiger charge is 2.22. The predicted octanol–water partition coefficient (Wildman–Crippen LogP) is 0.0651. The van der Waals surface area contributed by atoms with Gasteiger partial charge >= 0.3 is 0 Å². The van der Waals surface area contributed by atoms with Crippen LogP contribution < -0.4 is 4.72 Å². The fraction of sp³-hybridized carbons (Fsp3) is 0.333. The molecule has 1 aromatic rings. The molecule has 8 heteroatoms. The zero-order valence-corrected chi connectivity index (χ0v) is 13.5. The van der Waals surface area contributed by atoms with Gasteiger partial charge in [0.1, 0.15) is 0 Å². The molecule has 1 fully saturated rings. The number of hydrogen-bond donors (Lipinski definition) is 1. The first-order valence-electron chi connectivity index (χ1n) is 7.17. The van der Waals surface area contributed by atoms with Crippen molar-refractivity contribution in [3.8, 4) is 0 Å². The van der Waals surface area contributed by atoms with Crippen LogP contribution in [0.1, 0.15) is 10.4 Å². The van der Waals surface area contributed by atoms with Crippen LogP contribution in [-0.4, -0.2) is 63.3 Å². The monoisotopic (exact) mass is 337 g/mol. The Labute approximate surface area is 135 Å². The first-order chi connectivity index (χ1) is 11.0. The number of sulfonamides is 1. The lowest BCUT2D eigenvalue weighted by molar-refractivity contribution is -0.119. The summed E-state index contributed by atoms with van der Waals surface area (Å²) in [5.41, 5.74) is 0.423. The standard InChI is InChI=1S/C15H19N3O4S/c1-2-7-16-23(21,22)14-5-3-13(4-6-14)15(20)18-10-8-17(12-19)9-11-18/h2-6,12,16H,1,7-11H2. The highest BCUT2D eigenvalue weighted by atomic mass is 32.2. The van der Waals surface area contributed by atoms with Crippen LogP contribution >= 0.6 is 0 Å². The number of carbonyl (C=O) groups excluding carboxylic acids is 2. The van der Waals surface area contributed by atoms with Crippen molar-refractivity contribution in [2.45, 2.75) is 4.90 Å². The van der Waals surface area contributed by atoms with Crippen molar-refractivity contribution >= 4 is 22.3 Å². The molecule has 1 aromatic carbocycles. The van der Waals surface area contributed by atoms with Crippen LogP contribution in [0.15, 0.2) is 41.8 Å². The van der Waals surface area contributed by atoms with E-state index in [9.17, 15) is 18.0 Å². The summed E-state index contributed by atoms with van der Waals surface area (Å²) in [5, 5.41) is 0. The lowest BCUT2D eigenvalue weighted by Crippen LogP contribution is -2.48. The Balaban J connectivity index is 2.06. The summed E-state index contributed by atoms with van der Waals surface area (Å²) in [6.07, 6.45) is 2.23. The van der Waals surface area contributed by atoms with Crippen LogP contribution in [0.3, 0.4) is 0 Å². The molecule has 0 radical (unpaired) electrons. The molecule has 0 bridgehead atoms. The quantitative estimate of drug-likeness (QED) is 0.588. The molecule has 7 nitrogen and oxygen atoms in total. The number of rotatable bonds is 6. The highest BCUT2D eigenvalue weighted by molar-refractivity contribution is 7.89. The Bertz CT molecular complexity index is 677. The highest BCUT2D eigenvalue weighted by Crippen LogP contribution is 2.13. The minimum atomic E-state index is -3.59. The van der Waals surface area contributed by atoms with E-state index in [1.54, 1.807) is 9.80 Å². The van der Waals surface area contributed by atoms with Crippen molar-refractivity contribution in [2.75, 3.05) is 32.7 Å². The van der Waals surface area contributed by atoms with Gasteiger partial charge in [-0.1, -0.05) is 6.08 Å². The van der Waals surface area contributed by atoms with Crippen molar-refractivity contribution in [1.29, 1.82) is 0 Å². The summed E-state index contributed by atoms with van der Waals surface area (Å²) in [6, 6.07) is 5.80. The van der Waals surface area contributed by atoms with Crippen LogP contribution in [0.4, 0.5) is 0 Å². The zero-order chi connectivity index (χ0) is 16.9. The molecule has 1 heterocycles. The first kappa shape index (κ1) is 17.2. The molecule has 2 rings (SSSR count). The van der Waals surface area contributed by atoms with Crippen molar-refractivity contribution in [3.63, 3.8) is 0 Å². The second kappa shape index (κ2) is 7.38. The van der Waals surface area contributed by atoms with Gasteiger partial charge in [-0.15, -0.1) is 6.58 Å². The summed E-state index contributed by atoms with van der Waals surface area (Å²) < 4.78 is 26.3. The molecule has 124 valence electrons. The van der Waals surface area contributed by atoms with Gasteiger partial charge in [0.15, 0.2) is 0 Å². The Hall–Kier alpha value is -2.19. The summed E-state index contributed by atoms with van der Waals surface area (Å²) in [7, 11) is -3.59. The molecule has 2 amide bonds. The van der Waals surface area contributed by atoms with E-state index >= 15 is 0 Å². The predicted molar refractivity (Wildman–Crippen MR) is 85.4 cm³/mol. The summed E-state index contributed by atoms with van der Waals surface area (Å²) in [5.74, 6) is -0.168. The lowest BCUT2D eigenvalue weighted by Gasteiger charge is -2.32. The molecule has 1 aliphatic heterocycles. The van der Waals surface area contributed by atoms with Gasteiger partial charge in [0.2, 0.25) is 16.4 Å². The maximum Gasteiger partial charge on any atom is 0.253 e. The number of hydrogen-bond acceptors (Lipinski definition) is 4. The lowest BCUT2D eigenvalue weighted by atomic mass is 10.2. The van der Waals surface area contributed by atoms with Crippen LogP contribution in [0.25, 0.3) is 0 Å². The molecule has 0 unspecified atom stereocenters. The van der Waals surface area contributed by atoms with Crippen LogP contribution in [0.2, 0.25) is 0 Å². The molecule has 0 atom stereocenters. The van der Waals surface area contributed by atoms with Crippen molar-refractivity contribution in [1.82, 2.24) is 14.5 Å². The Morgan fingerprint density at radius 3 is 2.30 bits per heavy atom. The van der Waals surface area contributed by atoms with E-state index in [1.807, 2.05) is 0 Å². The minimum absolute atomic E-state index is 0.0988. The van der Waals surface area contributed by atoms with Crippen LogP contribution in [0, 0.1) is 0 Å². The smallest absolute Gasteiger partial charge is 0.253 e. The van der Waals surface area contributed by atoms with Crippen molar-refractivity contribution < 1.29 is 18.0 Å². The third kappa shape index (κ3) is 4.17. The van der Waals surface area contributed by atoms with Gasteiger partial charge in [-0.2, -0.15) is 0 Å². The number of amides is 2. The topological polar surface area (TPSA) is 86.8 Å². The number of nitrogens with one attached hydrogen (secondary N) is 1. The van der Waals surface area contributed by atoms with E-state index in [2.05, 4.69) is 11.3 Å². The number of carbonyl (C=O) groups is 2. The molecule has 23 heavy (non-hydrogen) atoms. The molecule has 0 saturated carbocycles. The third-order valence-corrected chi connectivity index (χ3v) is 5.02. The molecular formula is C15H19N3O4S. The van der Waals surface area contributed by atoms with E-state index in [4.69, 9.17) is 0 Å². The average Bonchev–Trinajstić information content (AvgIpc) is 2.59. The van der Waals surface area contributed by atoms with E-state index in [0.29, 0.717) is 31.7 Å². The number of nitrogens with zero attached hydrogens (tertiary/aromatic N) is 2. The molecule has 0 aliphatic carbocycles. The summed E-state index contributed by atoms with van der Waals surface area (Å²) >= 11 is 0. The van der Waals surface area contributed by atoms with E-state index < -0.39 is 10.0 Å². The van der Waals surface area contributed by atoms with Crippen LogP contribution in [-0.2, 0) is 14.8 Å². The van der Waals surface area contributed by atoms with Crippen molar-refractivity contribution in [3.05, 3.63) is 42.5 Å². The second-order valence-electron chi connectivity index (χ2n) is 5.10. The van der Waals surface area contributed by atoms with Crippen molar-refractivity contribution in [2.24, 2.45) is 0 Å². The average molecular weight is 337 g/mol. The Kier molecular flexibility index (Phi) is 5.51. The molecule has 0 aromatic heterocycles. The number of piperazine rings is 1. The van der Waals surface area contributed by atoms with Gasteiger partial charge in [-0.25, -0.2) is 13.1 Å². The van der Waals surface area contributed by atoms with Gasteiger partial charge < -0.3 is 9.80 Å². The zero-order valence-electron chi connectivity index (χ0n) is 12.6. The summed E-state index contributed by atoms with van der Waals surface area (Å²) in [4.78, 5) is 26.4. The van der Waals surface area contributed by atoms with Gasteiger partial charge in [-0.3, -0.25) is 9.59 Å².